The minimum absolute atomic E-state index is 0. The molecule has 0 aliphatic carbocycles. The van der Waals surface area contributed by atoms with Gasteiger partial charge in [0.1, 0.15) is 0 Å². The molecule has 0 fully saturated rings. The van der Waals surface area contributed by atoms with Gasteiger partial charge in [-0.3, -0.25) is 0 Å². The molecule has 136 valence electrons. The Hall–Kier alpha value is 0.400. The normalized spacial score (nSPS) is 11.5. The number of hydrogen-bond acceptors (Lipinski definition) is 1. The highest BCUT2D eigenvalue weighted by Gasteiger charge is 2.13. The average Bonchev–Trinajstić information content (AvgIpc) is 2.45. The summed E-state index contributed by atoms with van der Waals surface area (Å²) in [4.78, 5) is 0. The van der Waals surface area contributed by atoms with Crippen LogP contribution in [0.1, 0.15) is 90.4 Å². The lowest BCUT2D eigenvalue weighted by molar-refractivity contribution is -0.890. The van der Waals surface area contributed by atoms with E-state index in [9.17, 15) is 0 Å². The lowest BCUT2D eigenvalue weighted by atomic mass is 10.1. The Labute approximate surface area is 151 Å². The fraction of sp³-hybridized carbons (Fsp3) is 1.00. The van der Waals surface area contributed by atoms with Gasteiger partial charge in [-0.15, -0.1) is 0 Å². The van der Waals surface area contributed by atoms with Crippen LogP contribution in [0.5, 0.6) is 0 Å². The molecule has 0 amide bonds. The molecule has 0 unspecified atom stereocenters. The molecule has 22 heavy (non-hydrogen) atoms. The van der Waals surface area contributed by atoms with Crippen LogP contribution in [0.2, 0.25) is 0 Å². The van der Waals surface area contributed by atoms with Crippen LogP contribution in [0.15, 0.2) is 0 Å². The first-order valence-electron chi connectivity index (χ1n) is 9.55. The Balaban J connectivity index is 0. The van der Waals surface area contributed by atoms with E-state index < -0.39 is 0 Å². The van der Waals surface area contributed by atoms with Gasteiger partial charge in [-0.25, -0.2) is 0 Å². The van der Waals surface area contributed by atoms with Crippen molar-refractivity contribution in [1.82, 2.24) is 0 Å². The topological polar surface area (TPSA) is 20.2 Å². The Bertz CT molecular complexity index is 210. The summed E-state index contributed by atoms with van der Waals surface area (Å²) in [6.45, 7) is 5.13. The second-order valence-corrected chi connectivity index (χ2v) is 7.35. The molecular formula is C19H42BrNO. The van der Waals surface area contributed by atoms with E-state index in [1.54, 1.807) is 0 Å². The average molecular weight is 380 g/mol. The quantitative estimate of drug-likeness (QED) is 0.321. The summed E-state index contributed by atoms with van der Waals surface area (Å²) in [6.07, 6.45) is 17.8. The molecular weight excluding hydrogens is 338 g/mol. The first kappa shape index (κ1) is 24.6. The van der Waals surface area contributed by atoms with E-state index in [1.165, 1.54) is 83.7 Å². The highest BCUT2D eigenvalue weighted by molar-refractivity contribution is 4.48. The van der Waals surface area contributed by atoms with Crippen molar-refractivity contribution in [3.63, 3.8) is 0 Å². The van der Waals surface area contributed by atoms with Crippen molar-refractivity contribution in [2.24, 2.45) is 0 Å². The van der Waals surface area contributed by atoms with Crippen LogP contribution in [-0.4, -0.2) is 43.4 Å². The van der Waals surface area contributed by atoms with E-state index >= 15 is 0 Å². The molecule has 0 spiro atoms. The fourth-order valence-corrected chi connectivity index (χ4v) is 2.97. The number of halogens is 1. The minimum atomic E-state index is 0. The summed E-state index contributed by atoms with van der Waals surface area (Å²) in [5.41, 5.74) is 0. The third-order valence-electron chi connectivity index (χ3n) is 4.54. The molecule has 0 heterocycles. The first-order chi connectivity index (χ1) is 10.1. The number of aliphatic hydroxyl groups is 1. The van der Waals surface area contributed by atoms with Crippen molar-refractivity contribution in [2.45, 2.75) is 90.4 Å². The molecule has 0 atom stereocenters. The van der Waals surface area contributed by atoms with Gasteiger partial charge in [-0.1, -0.05) is 64.7 Å². The lowest BCUT2D eigenvalue weighted by Crippen LogP contribution is -3.00. The Morgan fingerprint density at radius 2 is 0.955 bits per heavy atom. The third kappa shape index (κ3) is 18.4. The molecule has 2 nitrogen and oxygen atoms in total. The van der Waals surface area contributed by atoms with Crippen molar-refractivity contribution >= 4 is 0 Å². The highest BCUT2D eigenvalue weighted by Crippen LogP contribution is 2.12. The van der Waals surface area contributed by atoms with Crippen molar-refractivity contribution in [3.8, 4) is 0 Å². The van der Waals surface area contributed by atoms with Gasteiger partial charge in [0, 0.05) is 6.61 Å². The number of unbranched alkanes of at least 4 members (excludes halogenated alkanes) is 11. The molecule has 1 N–H and O–H groups in total. The fourth-order valence-electron chi connectivity index (χ4n) is 2.97. The van der Waals surface area contributed by atoms with Crippen molar-refractivity contribution in [3.05, 3.63) is 0 Å². The van der Waals surface area contributed by atoms with Crippen LogP contribution < -0.4 is 17.0 Å². The zero-order chi connectivity index (χ0) is 15.8. The number of quaternary nitrogens is 1. The highest BCUT2D eigenvalue weighted by atomic mass is 79.9. The van der Waals surface area contributed by atoms with Crippen LogP contribution in [0, 0.1) is 0 Å². The van der Waals surface area contributed by atoms with Crippen molar-refractivity contribution in [2.75, 3.05) is 33.8 Å². The molecule has 0 saturated heterocycles. The van der Waals surface area contributed by atoms with E-state index in [0.29, 0.717) is 6.61 Å². The summed E-state index contributed by atoms with van der Waals surface area (Å²) in [7, 11) is 4.65. The number of hydrogen-bond donors (Lipinski definition) is 1. The van der Waals surface area contributed by atoms with E-state index in [4.69, 9.17) is 5.11 Å². The predicted octanol–water partition coefficient (Wildman–Crippen LogP) is 2.15. The standard InChI is InChI=1S/C19H42NO.BrH/c1-4-5-6-7-8-9-10-11-12-13-14-17-20(2,3)18-15-16-19-21;/h21H,4-19H2,1-3H3;1H/q+1;/p-1. The minimum Gasteiger partial charge on any atom is -1.00 e. The Morgan fingerprint density at radius 1 is 0.591 bits per heavy atom. The molecule has 0 saturated carbocycles. The molecule has 0 aromatic carbocycles. The molecule has 0 aliphatic rings. The zero-order valence-corrected chi connectivity index (χ0v) is 17.2. The summed E-state index contributed by atoms with van der Waals surface area (Å²) in [5.74, 6) is 0. The Kier molecular flexibility index (Phi) is 19.9. The van der Waals surface area contributed by atoms with Crippen LogP contribution in [0.3, 0.4) is 0 Å². The van der Waals surface area contributed by atoms with Gasteiger partial charge in [0.15, 0.2) is 0 Å². The molecule has 3 heteroatoms. The van der Waals surface area contributed by atoms with E-state index in [2.05, 4.69) is 21.0 Å². The van der Waals surface area contributed by atoms with E-state index in [0.717, 1.165) is 17.3 Å². The smallest absolute Gasteiger partial charge is 0.0783 e. The molecule has 0 bridgehead atoms. The van der Waals surface area contributed by atoms with Crippen LogP contribution in [0.25, 0.3) is 0 Å². The molecule has 0 aromatic heterocycles. The maximum absolute atomic E-state index is 8.83. The summed E-state index contributed by atoms with van der Waals surface area (Å²) in [5, 5.41) is 8.83. The predicted molar refractivity (Wildman–Crippen MR) is 94.6 cm³/mol. The number of aliphatic hydroxyl groups excluding tert-OH is 1. The van der Waals surface area contributed by atoms with E-state index in [1.807, 2.05) is 0 Å². The summed E-state index contributed by atoms with van der Waals surface area (Å²) < 4.78 is 1.12. The van der Waals surface area contributed by atoms with Gasteiger partial charge < -0.3 is 26.6 Å². The van der Waals surface area contributed by atoms with Crippen LogP contribution >= 0.6 is 0 Å². The van der Waals surface area contributed by atoms with Crippen LogP contribution in [-0.2, 0) is 0 Å². The third-order valence-corrected chi connectivity index (χ3v) is 4.54. The number of rotatable bonds is 16. The summed E-state index contributed by atoms with van der Waals surface area (Å²) in [6, 6.07) is 0. The number of nitrogens with zero attached hydrogens (tertiary/aromatic N) is 1. The molecule has 0 aliphatic heterocycles. The maximum atomic E-state index is 8.83. The molecule has 0 rings (SSSR count). The SMILES string of the molecule is CCCCCCCCCCCCC[N+](C)(C)CCCCO.[Br-]. The molecule has 0 aromatic rings. The summed E-state index contributed by atoms with van der Waals surface area (Å²) >= 11 is 0. The van der Waals surface area contributed by atoms with E-state index in [-0.39, 0.29) is 17.0 Å². The van der Waals surface area contributed by atoms with Gasteiger partial charge in [0.2, 0.25) is 0 Å². The Morgan fingerprint density at radius 3 is 1.36 bits per heavy atom. The second-order valence-electron chi connectivity index (χ2n) is 7.35. The monoisotopic (exact) mass is 379 g/mol. The lowest BCUT2D eigenvalue weighted by Gasteiger charge is -2.29. The van der Waals surface area contributed by atoms with Crippen molar-refractivity contribution < 1.29 is 26.6 Å². The largest absolute Gasteiger partial charge is 1.00 e. The van der Waals surface area contributed by atoms with Crippen molar-refractivity contribution in [1.29, 1.82) is 0 Å². The molecule has 0 radical (unpaired) electrons. The van der Waals surface area contributed by atoms with Crippen LogP contribution in [0.4, 0.5) is 0 Å². The maximum Gasteiger partial charge on any atom is 0.0783 e. The zero-order valence-electron chi connectivity index (χ0n) is 15.6. The van der Waals surface area contributed by atoms with Gasteiger partial charge in [-0.05, 0) is 25.7 Å². The van der Waals surface area contributed by atoms with Gasteiger partial charge in [0.25, 0.3) is 0 Å². The first-order valence-corrected chi connectivity index (χ1v) is 9.55. The van der Waals surface area contributed by atoms with Gasteiger partial charge >= 0.3 is 0 Å². The van der Waals surface area contributed by atoms with Gasteiger partial charge in [-0.2, -0.15) is 0 Å². The van der Waals surface area contributed by atoms with Gasteiger partial charge in [0.05, 0.1) is 27.2 Å². The second kappa shape index (κ2) is 17.7.